The number of pyridine rings is 1. The van der Waals surface area contributed by atoms with Gasteiger partial charge in [-0.15, -0.1) is 11.3 Å². The Bertz CT molecular complexity index is 1280. The molecule has 0 aliphatic heterocycles. The Kier molecular flexibility index (Phi) is 3.03. The molecule has 2 nitrogen and oxygen atoms in total. The highest BCUT2D eigenvalue weighted by molar-refractivity contribution is 7.17. The molecule has 0 aliphatic rings. The normalized spacial score (nSPS) is 11.8. The van der Waals surface area contributed by atoms with E-state index in [-0.39, 0.29) is 0 Å². The minimum atomic E-state index is 0.926. The minimum absolute atomic E-state index is 0.926. The molecule has 0 N–H and O–H groups in total. The fourth-order valence-electron chi connectivity index (χ4n) is 3.49. The van der Waals surface area contributed by atoms with Crippen molar-refractivity contribution in [1.29, 1.82) is 0 Å². The van der Waals surface area contributed by atoms with Crippen LogP contribution in [0.2, 0.25) is 0 Å². The predicted octanol–water partition coefficient (Wildman–Crippen LogP) is 6.79. The summed E-state index contributed by atoms with van der Waals surface area (Å²) in [7, 11) is 0. The van der Waals surface area contributed by atoms with Crippen molar-refractivity contribution in [3.05, 3.63) is 64.7 Å². The molecule has 0 spiro atoms. The lowest BCUT2D eigenvalue weighted by atomic mass is 10.0. The SMILES string of the molecule is Cc1cc(-c2cc(C)c(C)cn2)c2oc3c4ccsc4ccc3c2c1. The van der Waals surface area contributed by atoms with Crippen molar-refractivity contribution in [2.24, 2.45) is 0 Å². The molecule has 0 saturated carbocycles. The summed E-state index contributed by atoms with van der Waals surface area (Å²) >= 11 is 1.75. The summed E-state index contributed by atoms with van der Waals surface area (Å²) in [4.78, 5) is 4.67. The molecule has 5 aromatic rings. The molecule has 122 valence electrons. The van der Waals surface area contributed by atoms with Gasteiger partial charge in [0.15, 0.2) is 0 Å². The number of fused-ring (bicyclic) bond motifs is 5. The number of aryl methyl sites for hydroxylation is 3. The maximum atomic E-state index is 6.40. The molecule has 0 radical (unpaired) electrons. The van der Waals surface area contributed by atoms with Crippen molar-refractivity contribution < 1.29 is 4.42 Å². The number of benzene rings is 2. The van der Waals surface area contributed by atoms with Gasteiger partial charge in [0.05, 0.1) is 5.69 Å². The van der Waals surface area contributed by atoms with Crippen molar-refractivity contribution in [1.82, 2.24) is 4.98 Å². The maximum Gasteiger partial charge on any atom is 0.144 e. The Labute approximate surface area is 149 Å². The van der Waals surface area contributed by atoms with Crippen molar-refractivity contribution in [3.63, 3.8) is 0 Å². The second-order valence-electron chi connectivity index (χ2n) is 6.72. The third-order valence-electron chi connectivity index (χ3n) is 4.96. The standard InChI is InChI=1S/C22H17NOS/c1-12-8-17-15-4-5-20-16(6-7-25-20)21(15)24-22(17)18(9-12)19-10-13(2)14(3)11-23-19/h4-11H,1-3H3. The van der Waals surface area contributed by atoms with Gasteiger partial charge in [-0.3, -0.25) is 4.98 Å². The first-order valence-electron chi connectivity index (χ1n) is 8.38. The highest BCUT2D eigenvalue weighted by atomic mass is 32.1. The van der Waals surface area contributed by atoms with Crippen LogP contribution in [0.4, 0.5) is 0 Å². The van der Waals surface area contributed by atoms with Crippen LogP contribution in [0, 0.1) is 20.8 Å². The van der Waals surface area contributed by atoms with Gasteiger partial charge < -0.3 is 4.42 Å². The average Bonchev–Trinajstić information content (AvgIpc) is 3.20. The van der Waals surface area contributed by atoms with Crippen LogP contribution in [-0.2, 0) is 0 Å². The highest BCUT2D eigenvalue weighted by Crippen LogP contribution is 2.40. The number of aromatic nitrogens is 1. The van der Waals surface area contributed by atoms with E-state index in [1.165, 1.54) is 32.2 Å². The van der Waals surface area contributed by atoms with Gasteiger partial charge in [-0.05, 0) is 79.2 Å². The summed E-state index contributed by atoms with van der Waals surface area (Å²) in [5.41, 5.74) is 7.61. The molecule has 0 unspecified atom stereocenters. The fraction of sp³-hybridized carbons (Fsp3) is 0.136. The van der Waals surface area contributed by atoms with E-state index in [1.54, 1.807) is 11.3 Å². The van der Waals surface area contributed by atoms with Gasteiger partial charge in [0, 0.05) is 32.6 Å². The van der Waals surface area contributed by atoms with Gasteiger partial charge in [0.2, 0.25) is 0 Å². The molecule has 0 atom stereocenters. The lowest BCUT2D eigenvalue weighted by molar-refractivity contribution is 0.673. The van der Waals surface area contributed by atoms with E-state index in [4.69, 9.17) is 4.42 Å². The van der Waals surface area contributed by atoms with Crippen LogP contribution in [0.25, 0.3) is 43.3 Å². The molecular weight excluding hydrogens is 326 g/mol. The molecule has 0 saturated heterocycles. The van der Waals surface area contributed by atoms with E-state index in [2.05, 4.69) is 67.5 Å². The monoisotopic (exact) mass is 343 g/mol. The smallest absolute Gasteiger partial charge is 0.144 e. The molecule has 3 heterocycles. The first-order valence-corrected chi connectivity index (χ1v) is 9.26. The topological polar surface area (TPSA) is 26.0 Å². The Hall–Kier alpha value is -2.65. The van der Waals surface area contributed by atoms with Crippen LogP contribution < -0.4 is 0 Å². The average molecular weight is 343 g/mol. The molecule has 0 amide bonds. The minimum Gasteiger partial charge on any atom is -0.455 e. The summed E-state index contributed by atoms with van der Waals surface area (Å²) in [5.74, 6) is 0. The van der Waals surface area contributed by atoms with Gasteiger partial charge in [0.1, 0.15) is 11.2 Å². The molecule has 0 bridgehead atoms. The summed E-state index contributed by atoms with van der Waals surface area (Å²) in [6.07, 6.45) is 1.94. The summed E-state index contributed by atoms with van der Waals surface area (Å²) in [5, 5.41) is 5.65. The second-order valence-corrected chi connectivity index (χ2v) is 7.67. The maximum absolute atomic E-state index is 6.40. The number of thiophene rings is 1. The number of rotatable bonds is 1. The molecule has 0 aliphatic carbocycles. The Morgan fingerprint density at radius 1 is 0.840 bits per heavy atom. The van der Waals surface area contributed by atoms with E-state index in [0.717, 1.165) is 27.8 Å². The van der Waals surface area contributed by atoms with Gasteiger partial charge in [-0.1, -0.05) is 0 Å². The van der Waals surface area contributed by atoms with Crippen molar-refractivity contribution >= 4 is 43.4 Å². The number of hydrogen-bond donors (Lipinski definition) is 0. The third-order valence-corrected chi connectivity index (χ3v) is 5.84. The van der Waals surface area contributed by atoms with Gasteiger partial charge in [-0.2, -0.15) is 0 Å². The van der Waals surface area contributed by atoms with E-state index < -0.39 is 0 Å². The zero-order chi connectivity index (χ0) is 17.1. The molecule has 5 rings (SSSR count). The second kappa shape index (κ2) is 5.17. The summed E-state index contributed by atoms with van der Waals surface area (Å²) in [6, 6.07) is 13.0. The van der Waals surface area contributed by atoms with E-state index in [1.807, 2.05) is 6.20 Å². The highest BCUT2D eigenvalue weighted by Gasteiger charge is 2.16. The fourth-order valence-corrected chi connectivity index (χ4v) is 4.27. The Morgan fingerprint density at radius 3 is 2.56 bits per heavy atom. The molecular formula is C22H17NOS. The molecule has 2 aromatic carbocycles. The first kappa shape index (κ1) is 14.7. The largest absolute Gasteiger partial charge is 0.455 e. The zero-order valence-electron chi connectivity index (χ0n) is 14.4. The zero-order valence-corrected chi connectivity index (χ0v) is 15.2. The van der Waals surface area contributed by atoms with Crippen LogP contribution in [0.3, 0.4) is 0 Å². The van der Waals surface area contributed by atoms with Crippen LogP contribution >= 0.6 is 11.3 Å². The van der Waals surface area contributed by atoms with Crippen LogP contribution in [0.5, 0.6) is 0 Å². The lowest BCUT2D eigenvalue weighted by Gasteiger charge is -2.06. The van der Waals surface area contributed by atoms with Gasteiger partial charge >= 0.3 is 0 Å². The van der Waals surface area contributed by atoms with Gasteiger partial charge in [0.25, 0.3) is 0 Å². The van der Waals surface area contributed by atoms with Crippen molar-refractivity contribution in [2.45, 2.75) is 20.8 Å². The van der Waals surface area contributed by atoms with Crippen LogP contribution in [0.15, 0.2) is 52.4 Å². The summed E-state index contributed by atoms with van der Waals surface area (Å²) < 4.78 is 7.66. The Morgan fingerprint density at radius 2 is 1.72 bits per heavy atom. The molecule has 25 heavy (non-hydrogen) atoms. The van der Waals surface area contributed by atoms with Crippen molar-refractivity contribution in [2.75, 3.05) is 0 Å². The summed E-state index contributed by atoms with van der Waals surface area (Å²) in [6.45, 7) is 6.35. The predicted molar refractivity (Wildman–Crippen MR) is 107 cm³/mol. The number of furan rings is 1. The lowest BCUT2D eigenvalue weighted by Crippen LogP contribution is -1.89. The van der Waals surface area contributed by atoms with E-state index in [9.17, 15) is 0 Å². The Balaban J connectivity index is 1.92. The molecule has 3 heteroatoms. The molecule has 3 aromatic heterocycles. The first-order chi connectivity index (χ1) is 12.1. The third kappa shape index (κ3) is 2.12. The van der Waals surface area contributed by atoms with E-state index in [0.29, 0.717) is 0 Å². The number of nitrogens with zero attached hydrogens (tertiary/aromatic N) is 1. The van der Waals surface area contributed by atoms with Crippen molar-refractivity contribution in [3.8, 4) is 11.3 Å². The molecule has 0 fully saturated rings. The van der Waals surface area contributed by atoms with Crippen LogP contribution in [-0.4, -0.2) is 4.98 Å². The van der Waals surface area contributed by atoms with Gasteiger partial charge in [-0.25, -0.2) is 0 Å². The van der Waals surface area contributed by atoms with Crippen LogP contribution in [0.1, 0.15) is 16.7 Å². The van der Waals surface area contributed by atoms with E-state index >= 15 is 0 Å². The number of hydrogen-bond acceptors (Lipinski definition) is 3. The quantitative estimate of drug-likeness (QED) is 0.335.